The summed E-state index contributed by atoms with van der Waals surface area (Å²) in [6.45, 7) is 0. The van der Waals surface area contributed by atoms with Crippen molar-refractivity contribution in [2.45, 2.75) is 25.4 Å². The molecule has 0 aromatic carbocycles. The topological polar surface area (TPSA) is 17.8 Å². The number of allylic oxidation sites excluding steroid dienone is 2. The van der Waals surface area contributed by atoms with Crippen molar-refractivity contribution in [3.8, 4) is 0 Å². The van der Waals surface area contributed by atoms with Crippen molar-refractivity contribution in [1.82, 2.24) is 9.78 Å². The Balaban J connectivity index is 2.37. The predicted octanol–water partition coefficient (Wildman–Crippen LogP) is 3.01. The van der Waals surface area contributed by atoms with E-state index in [-0.39, 0.29) is 0 Å². The maximum atomic E-state index is 12.4. The molecule has 0 unspecified atom stereocenters. The van der Waals surface area contributed by atoms with Crippen LogP contribution in [0.4, 0.5) is 13.2 Å². The zero-order chi connectivity index (χ0) is 11.1. The third-order valence-electron chi connectivity index (χ3n) is 2.54. The lowest BCUT2D eigenvalue weighted by atomic mass is 10.1. The van der Waals surface area contributed by atoms with Gasteiger partial charge in [0.2, 0.25) is 0 Å². The summed E-state index contributed by atoms with van der Waals surface area (Å²) in [5, 5.41) is 3.48. The van der Waals surface area contributed by atoms with Gasteiger partial charge >= 0.3 is 6.18 Å². The number of halogens is 3. The molecule has 1 aliphatic rings. The highest BCUT2D eigenvalue weighted by molar-refractivity contribution is 5.64. The van der Waals surface area contributed by atoms with Crippen molar-refractivity contribution in [2.24, 2.45) is 7.05 Å². The number of alkyl halides is 3. The summed E-state index contributed by atoms with van der Waals surface area (Å²) in [5.74, 6) is 0. The van der Waals surface area contributed by atoms with Gasteiger partial charge in [-0.3, -0.25) is 4.68 Å². The van der Waals surface area contributed by atoms with E-state index in [1.54, 1.807) is 7.05 Å². The molecule has 1 heterocycles. The zero-order valence-corrected chi connectivity index (χ0v) is 8.30. The van der Waals surface area contributed by atoms with Crippen LogP contribution in [0.5, 0.6) is 0 Å². The number of hydrogen-bond donors (Lipinski definition) is 0. The molecule has 0 aliphatic heterocycles. The van der Waals surface area contributed by atoms with Gasteiger partial charge in [-0.15, -0.1) is 0 Å². The number of hydrogen-bond acceptors (Lipinski definition) is 1. The van der Waals surface area contributed by atoms with Crippen molar-refractivity contribution in [2.75, 3.05) is 0 Å². The minimum absolute atomic E-state index is 0.583. The van der Waals surface area contributed by atoms with Crippen molar-refractivity contribution in [3.05, 3.63) is 23.5 Å². The Morgan fingerprint density at radius 2 is 2.13 bits per heavy atom. The molecule has 0 spiro atoms. The van der Waals surface area contributed by atoms with Crippen molar-refractivity contribution < 1.29 is 13.2 Å². The van der Waals surface area contributed by atoms with Gasteiger partial charge in [0, 0.05) is 7.05 Å². The molecule has 0 atom stereocenters. The highest BCUT2D eigenvalue weighted by atomic mass is 19.4. The van der Waals surface area contributed by atoms with E-state index in [1.807, 2.05) is 6.08 Å². The normalized spacial score (nSPS) is 16.9. The van der Waals surface area contributed by atoms with Crippen molar-refractivity contribution in [3.63, 3.8) is 0 Å². The van der Waals surface area contributed by atoms with Crippen LogP contribution in [0.1, 0.15) is 30.7 Å². The Morgan fingerprint density at radius 1 is 1.40 bits per heavy atom. The number of nitrogens with zero attached hydrogens (tertiary/aromatic N) is 2. The van der Waals surface area contributed by atoms with Crippen LogP contribution in [-0.4, -0.2) is 9.78 Å². The summed E-state index contributed by atoms with van der Waals surface area (Å²) in [4.78, 5) is 0. The van der Waals surface area contributed by atoms with Gasteiger partial charge in [0.25, 0.3) is 0 Å². The van der Waals surface area contributed by atoms with E-state index in [1.165, 1.54) is 4.68 Å². The molecular formula is C10H11F3N2. The average molecular weight is 216 g/mol. The molecule has 2 rings (SSSR count). The largest absolute Gasteiger partial charge is 0.435 e. The highest BCUT2D eigenvalue weighted by Gasteiger charge is 2.34. The average Bonchev–Trinajstić information content (AvgIpc) is 2.69. The Bertz CT molecular complexity index is 401. The van der Waals surface area contributed by atoms with E-state index >= 15 is 0 Å². The van der Waals surface area contributed by atoms with E-state index in [0.717, 1.165) is 30.9 Å². The Morgan fingerprint density at radius 3 is 2.60 bits per heavy atom. The quantitative estimate of drug-likeness (QED) is 0.705. The van der Waals surface area contributed by atoms with Gasteiger partial charge in [0.05, 0.1) is 5.69 Å². The first-order valence-corrected chi connectivity index (χ1v) is 4.79. The fourth-order valence-corrected chi connectivity index (χ4v) is 1.81. The monoisotopic (exact) mass is 216 g/mol. The van der Waals surface area contributed by atoms with Gasteiger partial charge in [-0.1, -0.05) is 6.08 Å². The zero-order valence-electron chi connectivity index (χ0n) is 8.30. The Kier molecular flexibility index (Phi) is 2.32. The predicted molar refractivity (Wildman–Crippen MR) is 50.0 cm³/mol. The first kappa shape index (κ1) is 10.3. The van der Waals surface area contributed by atoms with Gasteiger partial charge in [0.1, 0.15) is 0 Å². The molecular weight excluding hydrogens is 205 g/mol. The molecule has 1 aromatic heterocycles. The third kappa shape index (κ3) is 1.91. The van der Waals surface area contributed by atoms with Crippen LogP contribution < -0.4 is 0 Å². The second-order valence-electron chi connectivity index (χ2n) is 3.66. The van der Waals surface area contributed by atoms with Gasteiger partial charge < -0.3 is 0 Å². The molecule has 1 aromatic rings. The lowest BCUT2D eigenvalue weighted by Gasteiger charge is -2.00. The van der Waals surface area contributed by atoms with Crippen LogP contribution in [0.25, 0.3) is 5.57 Å². The lowest BCUT2D eigenvalue weighted by Crippen LogP contribution is -2.06. The molecule has 0 bridgehead atoms. The maximum absolute atomic E-state index is 12.4. The molecule has 0 fully saturated rings. The summed E-state index contributed by atoms with van der Waals surface area (Å²) in [6, 6.07) is 1.12. The van der Waals surface area contributed by atoms with E-state index in [9.17, 15) is 13.2 Å². The fraction of sp³-hybridized carbons (Fsp3) is 0.500. The van der Waals surface area contributed by atoms with Gasteiger partial charge in [0.15, 0.2) is 5.69 Å². The Hall–Kier alpha value is -1.26. The van der Waals surface area contributed by atoms with E-state index < -0.39 is 11.9 Å². The van der Waals surface area contributed by atoms with Crippen LogP contribution in [0.3, 0.4) is 0 Å². The van der Waals surface area contributed by atoms with Crippen LogP contribution in [0, 0.1) is 0 Å². The van der Waals surface area contributed by atoms with Crippen LogP contribution >= 0.6 is 0 Å². The number of aryl methyl sites for hydroxylation is 1. The number of rotatable bonds is 1. The molecule has 5 heteroatoms. The number of aromatic nitrogens is 2. The first-order chi connectivity index (χ1) is 6.98. The SMILES string of the molecule is Cn1nc(C(F)(F)F)cc1C1=CCCC1. The summed E-state index contributed by atoms with van der Waals surface area (Å²) in [7, 11) is 1.55. The fourth-order valence-electron chi connectivity index (χ4n) is 1.81. The van der Waals surface area contributed by atoms with Crippen LogP contribution in [0.2, 0.25) is 0 Å². The minimum Gasteiger partial charge on any atom is -0.268 e. The summed E-state index contributed by atoms with van der Waals surface area (Å²) >= 11 is 0. The summed E-state index contributed by atoms with van der Waals surface area (Å²) in [5.41, 5.74) is 0.744. The standard InChI is InChI=1S/C10H11F3N2/c1-15-8(7-4-2-3-5-7)6-9(14-15)10(11,12)13/h4,6H,2-3,5H2,1H3. The molecule has 0 radical (unpaired) electrons. The summed E-state index contributed by atoms with van der Waals surface area (Å²) in [6.07, 6.45) is 0.437. The maximum Gasteiger partial charge on any atom is 0.435 e. The highest BCUT2D eigenvalue weighted by Crippen LogP contribution is 2.33. The second-order valence-corrected chi connectivity index (χ2v) is 3.66. The third-order valence-corrected chi connectivity index (χ3v) is 2.54. The molecule has 0 saturated carbocycles. The van der Waals surface area contributed by atoms with Gasteiger partial charge in [-0.25, -0.2) is 0 Å². The molecule has 2 nitrogen and oxygen atoms in total. The molecule has 0 saturated heterocycles. The van der Waals surface area contributed by atoms with E-state index in [0.29, 0.717) is 5.69 Å². The molecule has 82 valence electrons. The van der Waals surface area contributed by atoms with Crippen LogP contribution in [-0.2, 0) is 13.2 Å². The van der Waals surface area contributed by atoms with E-state index in [2.05, 4.69) is 5.10 Å². The minimum atomic E-state index is -4.35. The second kappa shape index (κ2) is 3.40. The molecule has 0 N–H and O–H groups in total. The van der Waals surface area contributed by atoms with Crippen molar-refractivity contribution >= 4 is 5.57 Å². The van der Waals surface area contributed by atoms with Crippen molar-refractivity contribution in [1.29, 1.82) is 0 Å². The molecule has 15 heavy (non-hydrogen) atoms. The smallest absolute Gasteiger partial charge is 0.268 e. The van der Waals surface area contributed by atoms with Crippen LogP contribution in [0.15, 0.2) is 12.1 Å². The lowest BCUT2D eigenvalue weighted by molar-refractivity contribution is -0.141. The van der Waals surface area contributed by atoms with Gasteiger partial charge in [-0.05, 0) is 30.9 Å². The van der Waals surface area contributed by atoms with Gasteiger partial charge in [-0.2, -0.15) is 18.3 Å². The molecule has 1 aliphatic carbocycles. The molecule has 0 amide bonds. The summed E-state index contributed by atoms with van der Waals surface area (Å²) < 4.78 is 38.4. The Labute approximate surface area is 85.4 Å². The van der Waals surface area contributed by atoms with E-state index in [4.69, 9.17) is 0 Å². The first-order valence-electron chi connectivity index (χ1n) is 4.79.